The van der Waals surface area contributed by atoms with E-state index in [9.17, 15) is 4.79 Å². The van der Waals surface area contributed by atoms with Crippen molar-refractivity contribution in [1.29, 1.82) is 0 Å². The Labute approximate surface area is 178 Å². The SMILES string of the molecule is Cc1cccc(-c2nnc(SCC(=O)N3CCN(c4cccc(Cl)c4)CC3)o2)c1. The van der Waals surface area contributed by atoms with E-state index in [1.165, 1.54) is 11.8 Å². The number of aromatic nitrogens is 2. The summed E-state index contributed by atoms with van der Waals surface area (Å²) in [4.78, 5) is 16.7. The van der Waals surface area contributed by atoms with Crippen LogP contribution in [-0.4, -0.2) is 52.9 Å². The van der Waals surface area contributed by atoms with E-state index < -0.39 is 0 Å². The maximum atomic E-state index is 12.6. The number of nitrogens with zero attached hydrogens (tertiary/aromatic N) is 4. The fraction of sp³-hybridized carbons (Fsp3) is 0.286. The van der Waals surface area contributed by atoms with Gasteiger partial charge in [-0.15, -0.1) is 10.2 Å². The van der Waals surface area contributed by atoms with Crippen LogP contribution in [0.25, 0.3) is 11.5 Å². The van der Waals surface area contributed by atoms with Crippen LogP contribution in [0.2, 0.25) is 5.02 Å². The molecule has 2 aromatic carbocycles. The van der Waals surface area contributed by atoms with E-state index in [4.69, 9.17) is 16.0 Å². The summed E-state index contributed by atoms with van der Waals surface area (Å²) in [6, 6.07) is 15.7. The van der Waals surface area contributed by atoms with E-state index in [-0.39, 0.29) is 11.7 Å². The molecule has 0 aliphatic carbocycles. The van der Waals surface area contributed by atoms with Crippen molar-refractivity contribution in [2.45, 2.75) is 12.1 Å². The molecule has 1 aliphatic rings. The number of rotatable bonds is 5. The molecule has 1 fully saturated rings. The van der Waals surface area contributed by atoms with Gasteiger partial charge in [0.05, 0.1) is 5.75 Å². The van der Waals surface area contributed by atoms with Crippen molar-refractivity contribution in [2.24, 2.45) is 0 Å². The second kappa shape index (κ2) is 8.88. The molecular weight excluding hydrogens is 408 g/mol. The number of aryl methyl sites for hydroxylation is 1. The number of carbonyl (C=O) groups is 1. The average Bonchev–Trinajstić information content (AvgIpc) is 3.21. The predicted octanol–water partition coefficient (Wildman–Crippen LogP) is 4.14. The minimum Gasteiger partial charge on any atom is -0.411 e. The molecule has 6 nitrogen and oxygen atoms in total. The predicted molar refractivity (Wildman–Crippen MR) is 115 cm³/mol. The van der Waals surface area contributed by atoms with Gasteiger partial charge in [0.2, 0.25) is 11.8 Å². The lowest BCUT2D eigenvalue weighted by molar-refractivity contribution is -0.128. The summed E-state index contributed by atoms with van der Waals surface area (Å²) in [5.41, 5.74) is 3.10. The Bertz CT molecular complexity index is 1000. The third kappa shape index (κ3) is 4.92. The van der Waals surface area contributed by atoms with Crippen LogP contribution in [0.5, 0.6) is 0 Å². The van der Waals surface area contributed by atoms with Crippen LogP contribution in [0.4, 0.5) is 5.69 Å². The molecule has 29 heavy (non-hydrogen) atoms. The van der Waals surface area contributed by atoms with E-state index in [0.29, 0.717) is 24.2 Å². The number of hydrogen-bond acceptors (Lipinski definition) is 6. The largest absolute Gasteiger partial charge is 0.411 e. The Balaban J connectivity index is 1.29. The van der Waals surface area contributed by atoms with Crippen LogP contribution >= 0.6 is 23.4 Å². The fourth-order valence-corrected chi connectivity index (χ4v) is 4.11. The molecule has 0 radical (unpaired) electrons. The highest BCUT2D eigenvalue weighted by Gasteiger charge is 2.22. The number of anilines is 1. The number of halogens is 1. The molecule has 1 aliphatic heterocycles. The Kier molecular flexibility index (Phi) is 6.06. The van der Waals surface area contributed by atoms with Gasteiger partial charge in [-0.2, -0.15) is 0 Å². The third-order valence-electron chi connectivity index (χ3n) is 4.80. The van der Waals surface area contributed by atoms with Gasteiger partial charge in [-0.1, -0.05) is 47.1 Å². The van der Waals surface area contributed by atoms with Crippen LogP contribution in [0, 0.1) is 6.92 Å². The minimum atomic E-state index is 0.0797. The Morgan fingerprint density at radius 3 is 2.66 bits per heavy atom. The first kappa shape index (κ1) is 19.8. The first-order valence-electron chi connectivity index (χ1n) is 9.40. The molecule has 0 saturated carbocycles. The smallest absolute Gasteiger partial charge is 0.277 e. The van der Waals surface area contributed by atoms with Crippen molar-refractivity contribution in [1.82, 2.24) is 15.1 Å². The molecule has 2 heterocycles. The molecule has 0 bridgehead atoms. The zero-order chi connectivity index (χ0) is 20.2. The van der Waals surface area contributed by atoms with Crippen molar-refractivity contribution < 1.29 is 9.21 Å². The van der Waals surface area contributed by atoms with E-state index in [0.717, 1.165) is 34.9 Å². The molecule has 1 saturated heterocycles. The topological polar surface area (TPSA) is 62.5 Å². The van der Waals surface area contributed by atoms with E-state index >= 15 is 0 Å². The highest BCUT2D eigenvalue weighted by Crippen LogP contribution is 2.25. The summed E-state index contributed by atoms with van der Waals surface area (Å²) in [6.45, 7) is 4.96. The van der Waals surface area contributed by atoms with Gasteiger partial charge in [0.25, 0.3) is 5.22 Å². The molecule has 3 aromatic rings. The molecule has 0 N–H and O–H groups in total. The summed E-state index contributed by atoms with van der Waals surface area (Å²) in [5, 5.41) is 9.28. The molecule has 0 atom stereocenters. The highest BCUT2D eigenvalue weighted by molar-refractivity contribution is 7.99. The van der Waals surface area contributed by atoms with Gasteiger partial charge < -0.3 is 14.2 Å². The maximum Gasteiger partial charge on any atom is 0.277 e. The standard InChI is InChI=1S/C21H21ClN4O2S/c1-15-4-2-5-16(12-15)20-23-24-21(28-20)29-14-19(27)26-10-8-25(9-11-26)18-7-3-6-17(22)13-18/h2-7,12-13H,8-11,14H2,1H3. The van der Waals surface area contributed by atoms with Crippen LogP contribution in [0.15, 0.2) is 58.2 Å². The number of hydrogen-bond donors (Lipinski definition) is 0. The van der Waals surface area contributed by atoms with Crippen molar-refractivity contribution in [3.63, 3.8) is 0 Å². The zero-order valence-corrected chi connectivity index (χ0v) is 17.6. The summed E-state index contributed by atoms with van der Waals surface area (Å²) < 4.78 is 5.70. The first-order chi connectivity index (χ1) is 14.1. The van der Waals surface area contributed by atoms with Gasteiger partial charge in [0.1, 0.15) is 0 Å². The average molecular weight is 429 g/mol. The van der Waals surface area contributed by atoms with Crippen molar-refractivity contribution in [3.05, 3.63) is 59.1 Å². The normalized spacial score (nSPS) is 14.3. The van der Waals surface area contributed by atoms with E-state index in [1.54, 1.807) is 0 Å². The first-order valence-corrected chi connectivity index (χ1v) is 10.8. The summed E-state index contributed by atoms with van der Waals surface area (Å²) in [6.07, 6.45) is 0. The second-order valence-electron chi connectivity index (χ2n) is 6.88. The van der Waals surface area contributed by atoms with E-state index in [1.807, 2.05) is 60.4 Å². The van der Waals surface area contributed by atoms with Gasteiger partial charge in [0, 0.05) is 42.5 Å². The number of amides is 1. The monoisotopic (exact) mass is 428 g/mol. The van der Waals surface area contributed by atoms with Gasteiger partial charge >= 0.3 is 0 Å². The number of thioether (sulfide) groups is 1. The lowest BCUT2D eigenvalue weighted by Crippen LogP contribution is -2.49. The molecule has 8 heteroatoms. The molecule has 0 unspecified atom stereocenters. The zero-order valence-electron chi connectivity index (χ0n) is 16.0. The van der Waals surface area contributed by atoms with Gasteiger partial charge in [-0.25, -0.2) is 0 Å². The summed E-state index contributed by atoms with van der Waals surface area (Å²) in [7, 11) is 0. The van der Waals surface area contributed by atoms with Gasteiger partial charge in [-0.05, 0) is 37.3 Å². The van der Waals surface area contributed by atoms with Crippen molar-refractivity contribution in [2.75, 3.05) is 36.8 Å². The lowest BCUT2D eigenvalue weighted by atomic mass is 10.1. The Morgan fingerprint density at radius 2 is 1.90 bits per heavy atom. The maximum absolute atomic E-state index is 12.6. The lowest BCUT2D eigenvalue weighted by Gasteiger charge is -2.36. The van der Waals surface area contributed by atoms with Gasteiger partial charge in [0.15, 0.2) is 0 Å². The molecule has 150 valence electrons. The molecule has 1 aromatic heterocycles. The van der Waals surface area contributed by atoms with Crippen LogP contribution < -0.4 is 4.90 Å². The number of benzene rings is 2. The summed E-state index contributed by atoms with van der Waals surface area (Å²) in [5.74, 6) is 0.835. The van der Waals surface area contributed by atoms with Crippen LogP contribution in [0.1, 0.15) is 5.56 Å². The number of piperazine rings is 1. The van der Waals surface area contributed by atoms with Crippen molar-refractivity contribution in [3.8, 4) is 11.5 Å². The highest BCUT2D eigenvalue weighted by atomic mass is 35.5. The molecule has 0 spiro atoms. The quantitative estimate of drug-likeness (QED) is 0.569. The Morgan fingerprint density at radius 1 is 1.10 bits per heavy atom. The molecule has 1 amide bonds. The third-order valence-corrected chi connectivity index (χ3v) is 5.83. The number of carbonyl (C=O) groups excluding carboxylic acids is 1. The van der Waals surface area contributed by atoms with Crippen LogP contribution in [0.3, 0.4) is 0 Å². The second-order valence-corrected chi connectivity index (χ2v) is 8.24. The van der Waals surface area contributed by atoms with Crippen LogP contribution in [-0.2, 0) is 4.79 Å². The summed E-state index contributed by atoms with van der Waals surface area (Å²) >= 11 is 7.36. The molecular formula is C21H21ClN4O2S. The Hall–Kier alpha value is -2.51. The minimum absolute atomic E-state index is 0.0797. The van der Waals surface area contributed by atoms with Crippen molar-refractivity contribution >= 4 is 35.0 Å². The fourth-order valence-electron chi connectivity index (χ4n) is 3.26. The molecule has 4 rings (SSSR count). The van der Waals surface area contributed by atoms with Gasteiger partial charge in [-0.3, -0.25) is 4.79 Å². The van der Waals surface area contributed by atoms with E-state index in [2.05, 4.69) is 15.1 Å².